The van der Waals surface area contributed by atoms with Crippen LogP contribution in [0.5, 0.6) is 5.75 Å². The molecule has 1 aromatic heterocycles. The Kier molecular flexibility index (Phi) is 8.79. The summed E-state index contributed by atoms with van der Waals surface area (Å²) in [6, 6.07) is 10.8. The SMILES string of the molecule is C=CCn1c(SCC(=O)Nc2ccc(C)c([N+](=O)[O-])c2)nnc1C(C)NC(=O)c1ccc(OC)cc1. The Morgan fingerprint density at radius 1 is 1.25 bits per heavy atom. The zero-order valence-electron chi connectivity index (χ0n) is 20.1. The van der Waals surface area contributed by atoms with Crippen LogP contribution in [0.3, 0.4) is 0 Å². The van der Waals surface area contributed by atoms with E-state index in [9.17, 15) is 19.7 Å². The van der Waals surface area contributed by atoms with Crippen LogP contribution in [-0.4, -0.2) is 44.4 Å². The van der Waals surface area contributed by atoms with E-state index in [1.807, 2.05) is 0 Å². The van der Waals surface area contributed by atoms with Crippen LogP contribution in [0, 0.1) is 17.0 Å². The summed E-state index contributed by atoms with van der Waals surface area (Å²) in [4.78, 5) is 35.8. The standard InChI is InChI=1S/C24H26N6O5S/c1-5-12-29-22(16(3)25-23(32)17-7-10-19(35-4)11-8-17)27-28-24(29)36-14-21(31)26-18-9-6-15(2)20(13-18)30(33)34/h5-11,13,16H,1,12,14H2,2-4H3,(H,25,32)(H,26,31). The molecule has 0 fully saturated rings. The van der Waals surface area contributed by atoms with Crippen LogP contribution in [0.4, 0.5) is 11.4 Å². The highest BCUT2D eigenvalue weighted by atomic mass is 32.2. The number of ether oxygens (including phenoxy) is 1. The number of methoxy groups -OCH3 is 1. The third kappa shape index (κ3) is 6.48. The maximum absolute atomic E-state index is 12.6. The highest BCUT2D eigenvalue weighted by Gasteiger charge is 2.21. The van der Waals surface area contributed by atoms with Gasteiger partial charge in [0.1, 0.15) is 5.75 Å². The number of thioether (sulfide) groups is 1. The molecule has 0 aliphatic rings. The summed E-state index contributed by atoms with van der Waals surface area (Å²) < 4.78 is 6.88. The molecule has 2 aromatic carbocycles. The van der Waals surface area contributed by atoms with E-state index in [4.69, 9.17) is 4.74 Å². The number of anilines is 1. The number of rotatable bonds is 11. The van der Waals surface area contributed by atoms with E-state index in [2.05, 4.69) is 27.4 Å². The van der Waals surface area contributed by atoms with E-state index >= 15 is 0 Å². The lowest BCUT2D eigenvalue weighted by atomic mass is 10.2. The van der Waals surface area contributed by atoms with Gasteiger partial charge in [-0.2, -0.15) is 0 Å². The summed E-state index contributed by atoms with van der Waals surface area (Å²) in [6.07, 6.45) is 1.67. The molecule has 0 spiro atoms. The van der Waals surface area contributed by atoms with Crippen molar-refractivity contribution in [3.05, 3.63) is 82.2 Å². The number of aromatic nitrogens is 3. The lowest BCUT2D eigenvalue weighted by Gasteiger charge is -2.15. The predicted octanol–water partition coefficient (Wildman–Crippen LogP) is 3.91. The molecule has 0 saturated heterocycles. The van der Waals surface area contributed by atoms with Gasteiger partial charge in [0.2, 0.25) is 5.91 Å². The van der Waals surface area contributed by atoms with Gasteiger partial charge >= 0.3 is 0 Å². The van der Waals surface area contributed by atoms with E-state index in [-0.39, 0.29) is 23.3 Å². The van der Waals surface area contributed by atoms with Gasteiger partial charge in [-0.1, -0.05) is 23.9 Å². The summed E-state index contributed by atoms with van der Waals surface area (Å²) in [6.45, 7) is 7.55. The van der Waals surface area contributed by atoms with Crippen LogP contribution in [0.1, 0.15) is 34.7 Å². The number of carbonyl (C=O) groups is 2. The van der Waals surface area contributed by atoms with E-state index in [0.29, 0.717) is 40.1 Å². The van der Waals surface area contributed by atoms with Gasteiger partial charge in [-0.3, -0.25) is 19.7 Å². The van der Waals surface area contributed by atoms with Gasteiger partial charge in [0.05, 0.1) is 23.8 Å². The largest absolute Gasteiger partial charge is 0.497 e. The molecule has 1 unspecified atom stereocenters. The van der Waals surface area contributed by atoms with Crippen molar-refractivity contribution >= 4 is 35.0 Å². The monoisotopic (exact) mass is 510 g/mol. The number of aryl methyl sites for hydroxylation is 1. The van der Waals surface area contributed by atoms with E-state index in [1.165, 1.54) is 6.07 Å². The fraction of sp³-hybridized carbons (Fsp3) is 0.250. The summed E-state index contributed by atoms with van der Waals surface area (Å²) in [5.41, 5.74) is 1.24. The van der Waals surface area contributed by atoms with E-state index in [1.54, 1.807) is 68.0 Å². The maximum Gasteiger partial charge on any atom is 0.274 e. The molecule has 36 heavy (non-hydrogen) atoms. The third-order valence-electron chi connectivity index (χ3n) is 5.17. The minimum atomic E-state index is -0.492. The van der Waals surface area contributed by atoms with Crippen LogP contribution < -0.4 is 15.4 Å². The topological polar surface area (TPSA) is 141 Å². The third-order valence-corrected chi connectivity index (χ3v) is 6.13. The van der Waals surface area contributed by atoms with Gasteiger partial charge in [-0.25, -0.2) is 0 Å². The Hall–Kier alpha value is -4.19. The van der Waals surface area contributed by atoms with E-state index < -0.39 is 11.0 Å². The molecule has 0 radical (unpaired) electrons. The summed E-state index contributed by atoms with van der Waals surface area (Å²) in [5, 5.41) is 25.6. The number of carbonyl (C=O) groups excluding carboxylic acids is 2. The van der Waals surface area contributed by atoms with Crippen LogP contribution in [-0.2, 0) is 11.3 Å². The summed E-state index contributed by atoms with van der Waals surface area (Å²) >= 11 is 1.15. The molecule has 1 atom stereocenters. The molecule has 3 rings (SSSR count). The zero-order valence-corrected chi connectivity index (χ0v) is 20.9. The number of nitro benzene ring substituents is 1. The molecule has 2 N–H and O–H groups in total. The van der Waals surface area contributed by atoms with Gasteiger partial charge in [0, 0.05) is 29.4 Å². The second-order valence-electron chi connectivity index (χ2n) is 7.76. The molecule has 11 nitrogen and oxygen atoms in total. The van der Waals surface area contributed by atoms with Crippen molar-refractivity contribution in [1.82, 2.24) is 20.1 Å². The van der Waals surface area contributed by atoms with Crippen LogP contribution >= 0.6 is 11.8 Å². The lowest BCUT2D eigenvalue weighted by molar-refractivity contribution is -0.385. The molecule has 3 aromatic rings. The number of allylic oxidation sites excluding steroid dienone is 1. The average molecular weight is 511 g/mol. The van der Waals surface area contributed by atoms with Crippen LogP contribution in [0.2, 0.25) is 0 Å². The number of hydrogen-bond acceptors (Lipinski definition) is 8. The van der Waals surface area contributed by atoms with Gasteiger partial charge in [-0.05, 0) is 44.2 Å². The Balaban J connectivity index is 1.66. The fourth-order valence-electron chi connectivity index (χ4n) is 3.33. The maximum atomic E-state index is 12.6. The number of benzene rings is 2. The minimum absolute atomic E-state index is 0.00351. The molecule has 0 saturated carbocycles. The normalized spacial score (nSPS) is 11.4. The van der Waals surface area contributed by atoms with Gasteiger partial charge in [0.15, 0.2) is 11.0 Å². The van der Waals surface area contributed by atoms with Crippen molar-refractivity contribution in [2.75, 3.05) is 18.2 Å². The molecule has 1 heterocycles. The quantitative estimate of drug-likeness (QED) is 0.171. The molecule has 2 amide bonds. The first-order chi connectivity index (χ1) is 17.2. The van der Waals surface area contributed by atoms with Crippen molar-refractivity contribution < 1.29 is 19.2 Å². The summed E-state index contributed by atoms with van der Waals surface area (Å²) in [5.74, 6) is 0.530. The van der Waals surface area contributed by atoms with Crippen molar-refractivity contribution in [1.29, 1.82) is 0 Å². The Morgan fingerprint density at radius 3 is 2.61 bits per heavy atom. The van der Waals surface area contributed by atoms with E-state index in [0.717, 1.165) is 11.8 Å². The molecule has 0 aliphatic carbocycles. The van der Waals surface area contributed by atoms with Crippen LogP contribution in [0.15, 0.2) is 60.3 Å². The average Bonchev–Trinajstić information content (AvgIpc) is 3.26. The molecular weight excluding hydrogens is 484 g/mol. The first kappa shape index (κ1) is 26.4. The minimum Gasteiger partial charge on any atom is -0.497 e. The first-order valence-corrected chi connectivity index (χ1v) is 11.9. The number of hydrogen-bond donors (Lipinski definition) is 2. The highest BCUT2D eigenvalue weighted by Crippen LogP contribution is 2.24. The molecular formula is C24H26N6O5S. The molecule has 0 bridgehead atoms. The fourth-order valence-corrected chi connectivity index (χ4v) is 4.08. The van der Waals surface area contributed by atoms with Gasteiger partial charge < -0.3 is 19.9 Å². The number of nitrogens with one attached hydrogen (secondary N) is 2. The second-order valence-corrected chi connectivity index (χ2v) is 8.70. The smallest absolute Gasteiger partial charge is 0.274 e. The van der Waals surface area contributed by atoms with Gasteiger partial charge in [-0.15, -0.1) is 16.8 Å². The highest BCUT2D eigenvalue weighted by molar-refractivity contribution is 7.99. The number of amides is 2. The Bertz CT molecular complexity index is 1270. The number of nitro groups is 1. The Morgan fingerprint density at radius 2 is 1.97 bits per heavy atom. The van der Waals surface area contributed by atoms with Crippen molar-refractivity contribution in [3.63, 3.8) is 0 Å². The van der Waals surface area contributed by atoms with Crippen molar-refractivity contribution in [3.8, 4) is 5.75 Å². The van der Waals surface area contributed by atoms with Crippen molar-refractivity contribution in [2.45, 2.75) is 31.6 Å². The van der Waals surface area contributed by atoms with Gasteiger partial charge in [0.25, 0.3) is 11.6 Å². The lowest BCUT2D eigenvalue weighted by Crippen LogP contribution is -2.28. The predicted molar refractivity (Wildman–Crippen MR) is 136 cm³/mol. The molecule has 188 valence electrons. The second kappa shape index (κ2) is 12.0. The first-order valence-electron chi connectivity index (χ1n) is 10.9. The summed E-state index contributed by atoms with van der Waals surface area (Å²) in [7, 11) is 1.55. The zero-order chi connectivity index (χ0) is 26.2. The van der Waals surface area contributed by atoms with Crippen molar-refractivity contribution in [2.24, 2.45) is 0 Å². The Labute approximate surface area is 212 Å². The molecule has 0 aliphatic heterocycles. The van der Waals surface area contributed by atoms with Crippen LogP contribution in [0.25, 0.3) is 0 Å². The number of nitrogens with zero attached hydrogens (tertiary/aromatic N) is 4. The molecule has 12 heteroatoms.